The van der Waals surface area contributed by atoms with Crippen LogP contribution in [-0.2, 0) is 11.2 Å². The fraction of sp³-hybridized carbons (Fsp3) is 0.500. The smallest absolute Gasteiger partial charge is 0.222 e. The average molecular weight is 348 g/mol. The van der Waals surface area contributed by atoms with Crippen LogP contribution in [0, 0.1) is 0 Å². The Labute approximate surface area is 129 Å². The molecule has 0 saturated carbocycles. The lowest BCUT2D eigenvalue weighted by Crippen LogP contribution is -2.38. The van der Waals surface area contributed by atoms with Crippen LogP contribution in [0.5, 0.6) is 0 Å². The Bertz CT molecular complexity index is 422. The highest BCUT2D eigenvalue weighted by Gasteiger charge is 2.22. The van der Waals surface area contributed by atoms with Crippen molar-refractivity contribution in [2.24, 2.45) is 0 Å². The van der Waals surface area contributed by atoms with Gasteiger partial charge in [0.15, 0.2) is 0 Å². The van der Waals surface area contributed by atoms with Gasteiger partial charge in [-0.1, -0.05) is 28.1 Å². The van der Waals surface area contributed by atoms with Crippen molar-refractivity contribution in [2.45, 2.75) is 25.3 Å². The van der Waals surface area contributed by atoms with Crippen molar-refractivity contribution in [1.29, 1.82) is 0 Å². The number of rotatable bonds is 4. The molecule has 1 atom stereocenters. The maximum absolute atomic E-state index is 12.1. The number of carbonyl (C=O) groups excluding carboxylic acids is 1. The molecule has 1 aliphatic heterocycles. The molecule has 1 saturated heterocycles. The minimum Gasteiger partial charge on any atom is -0.341 e. The van der Waals surface area contributed by atoms with E-state index in [1.807, 2.05) is 24.1 Å². The summed E-state index contributed by atoms with van der Waals surface area (Å²) >= 11 is 3.45. The highest BCUT2D eigenvalue weighted by Crippen LogP contribution is 2.14. The predicted molar refractivity (Wildman–Crippen MR) is 83.8 cm³/mol. The van der Waals surface area contributed by atoms with Crippen molar-refractivity contribution in [3.8, 4) is 0 Å². The van der Waals surface area contributed by atoms with Crippen LogP contribution in [0.15, 0.2) is 28.7 Å². The van der Waals surface area contributed by atoms with Gasteiger partial charge in [-0.3, -0.25) is 4.79 Å². The second-order valence-electron chi connectivity index (χ2n) is 4.78. The Morgan fingerprint density at radius 1 is 1.53 bits per heavy atom. The lowest BCUT2D eigenvalue weighted by atomic mass is 10.1. The molecule has 5 heteroatoms. The molecule has 2 rings (SSSR count). The van der Waals surface area contributed by atoms with Crippen LogP contribution in [0.1, 0.15) is 18.4 Å². The van der Waals surface area contributed by atoms with Gasteiger partial charge in [-0.2, -0.15) is 0 Å². The molecule has 1 heterocycles. The summed E-state index contributed by atoms with van der Waals surface area (Å²) in [5.41, 5.74) is 1.20. The third kappa shape index (κ3) is 4.79. The van der Waals surface area contributed by atoms with Gasteiger partial charge in [-0.15, -0.1) is 12.4 Å². The van der Waals surface area contributed by atoms with Crippen molar-refractivity contribution < 1.29 is 4.79 Å². The maximum atomic E-state index is 12.1. The summed E-state index contributed by atoms with van der Waals surface area (Å²) in [6, 6.07) is 8.52. The van der Waals surface area contributed by atoms with Gasteiger partial charge in [0.2, 0.25) is 5.91 Å². The van der Waals surface area contributed by atoms with Gasteiger partial charge in [0.05, 0.1) is 0 Å². The van der Waals surface area contributed by atoms with Crippen LogP contribution in [0.4, 0.5) is 0 Å². The van der Waals surface area contributed by atoms with E-state index >= 15 is 0 Å². The Hall–Kier alpha value is -0.580. The number of amides is 1. The van der Waals surface area contributed by atoms with Gasteiger partial charge < -0.3 is 10.2 Å². The number of benzene rings is 1. The van der Waals surface area contributed by atoms with Gasteiger partial charge in [-0.25, -0.2) is 0 Å². The predicted octanol–water partition coefficient (Wildman–Crippen LogP) is 2.62. The summed E-state index contributed by atoms with van der Waals surface area (Å²) < 4.78 is 1.07. The molecule has 1 unspecified atom stereocenters. The largest absolute Gasteiger partial charge is 0.341 e. The standard InChI is InChI=1S/C14H19BrN2O.ClH/c1-17(13-7-8-16-10-13)14(18)6-5-11-3-2-4-12(15)9-11;/h2-4,9,13,16H,5-8,10H2,1H3;1H. The monoisotopic (exact) mass is 346 g/mol. The topological polar surface area (TPSA) is 32.3 Å². The highest BCUT2D eigenvalue weighted by atomic mass is 79.9. The Morgan fingerprint density at radius 2 is 2.32 bits per heavy atom. The first kappa shape index (κ1) is 16.5. The lowest BCUT2D eigenvalue weighted by Gasteiger charge is -2.23. The third-order valence-corrected chi connectivity index (χ3v) is 3.99. The zero-order valence-electron chi connectivity index (χ0n) is 11.1. The lowest BCUT2D eigenvalue weighted by molar-refractivity contribution is -0.131. The normalized spacial score (nSPS) is 17.9. The van der Waals surface area contributed by atoms with Gasteiger partial charge in [0.25, 0.3) is 0 Å². The first-order chi connectivity index (χ1) is 8.66. The van der Waals surface area contributed by atoms with Crippen LogP contribution < -0.4 is 5.32 Å². The number of likely N-dealkylation sites (N-methyl/N-ethyl adjacent to an activating group) is 1. The molecule has 3 nitrogen and oxygen atoms in total. The van der Waals surface area contributed by atoms with Gasteiger partial charge in [-0.05, 0) is 37.1 Å². The van der Waals surface area contributed by atoms with E-state index in [4.69, 9.17) is 0 Å². The van der Waals surface area contributed by atoms with E-state index in [0.29, 0.717) is 12.5 Å². The van der Waals surface area contributed by atoms with Crippen LogP contribution in [0.3, 0.4) is 0 Å². The summed E-state index contributed by atoms with van der Waals surface area (Å²) in [4.78, 5) is 14.0. The van der Waals surface area contributed by atoms with Crippen LogP contribution in [0.25, 0.3) is 0 Å². The SMILES string of the molecule is CN(C(=O)CCc1cccc(Br)c1)C1CCNC1.Cl. The Kier molecular flexibility index (Phi) is 6.83. The third-order valence-electron chi connectivity index (χ3n) is 3.49. The van der Waals surface area contributed by atoms with Crippen molar-refractivity contribution in [2.75, 3.05) is 20.1 Å². The molecule has 1 aromatic rings. The van der Waals surface area contributed by atoms with Crippen molar-refractivity contribution >= 4 is 34.2 Å². The zero-order chi connectivity index (χ0) is 13.0. The summed E-state index contributed by atoms with van der Waals surface area (Å²) in [6.07, 6.45) is 2.46. The molecule has 106 valence electrons. The number of hydrogen-bond acceptors (Lipinski definition) is 2. The number of carbonyl (C=O) groups is 1. The van der Waals surface area contributed by atoms with Gasteiger partial charge in [0, 0.05) is 30.5 Å². The number of halogens is 2. The minimum absolute atomic E-state index is 0. The van der Waals surface area contributed by atoms with E-state index < -0.39 is 0 Å². The molecule has 19 heavy (non-hydrogen) atoms. The molecule has 1 N–H and O–H groups in total. The quantitative estimate of drug-likeness (QED) is 0.908. The van der Waals surface area contributed by atoms with Crippen LogP contribution in [-0.4, -0.2) is 37.0 Å². The second kappa shape index (κ2) is 7.88. The number of hydrogen-bond donors (Lipinski definition) is 1. The molecule has 0 aromatic heterocycles. The maximum Gasteiger partial charge on any atom is 0.222 e. The van der Waals surface area contributed by atoms with E-state index in [0.717, 1.165) is 30.4 Å². The fourth-order valence-corrected chi connectivity index (χ4v) is 2.74. The van der Waals surface area contributed by atoms with Crippen LogP contribution in [0.2, 0.25) is 0 Å². The Balaban J connectivity index is 0.00000180. The minimum atomic E-state index is 0. The van der Waals surface area contributed by atoms with Crippen molar-refractivity contribution in [3.05, 3.63) is 34.3 Å². The molecule has 1 amide bonds. The van der Waals surface area contributed by atoms with E-state index in [2.05, 4.69) is 33.4 Å². The van der Waals surface area contributed by atoms with Gasteiger partial charge >= 0.3 is 0 Å². The summed E-state index contributed by atoms with van der Waals surface area (Å²) in [7, 11) is 1.92. The van der Waals surface area contributed by atoms with E-state index in [1.54, 1.807) is 0 Å². The molecule has 0 aliphatic carbocycles. The molecule has 0 radical (unpaired) electrons. The van der Waals surface area contributed by atoms with E-state index in [9.17, 15) is 4.79 Å². The summed E-state index contributed by atoms with van der Waals surface area (Å²) in [5.74, 6) is 0.240. The highest BCUT2D eigenvalue weighted by molar-refractivity contribution is 9.10. The average Bonchev–Trinajstić information content (AvgIpc) is 2.89. The molecular weight excluding hydrogens is 328 g/mol. The van der Waals surface area contributed by atoms with Crippen molar-refractivity contribution in [1.82, 2.24) is 10.2 Å². The first-order valence-corrected chi connectivity index (χ1v) is 7.17. The van der Waals surface area contributed by atoms with E-state index in [1.165, 1.54) is 5.56 Å². The Morgan fingerprint density at radius 3 is 2.95 bits per heavy atom. The number of nitrogens with one attached hydrogen (secondary N) is 1. The first-order valence-electron chi connectivity index (χ1n) is 6.37. The molecule has 1 aliphatic rings. The second-order valence-corrected chi connectivity index (χ2v) is 5.70. The summed E-state index contributed by atoms with van der Waals surface area (Å²) in [6.45, 7) is 1.95. The molecule has 1 fully saturated rings. The number of aryl methyl sites for hydroxylation is 1. The summed E-state index contributed by atoms with van der Waals surface area (Å²) in [5, 5.41) is 3.29. The molecule has 1 aromatic carbocycles. The van der Waals surface area contributed by atoms with E-state index in [-0.39, 0.29) is 18.3 Å². The molecular formula is C14H20BrClN2O. The number of nitrogens with zero attached hydrogens (tertiary/aromatic N) is 1. The molecule has 0 bridgehead atoms. The zero-order valence-corrected chi connectivity index (χ0v) is 13.5. The van der Waals surface area contributed by atoms with Crippen molar-refractivity contribution in [3.63, 3.8) is 0 Å². The van der Waals surface area contributed by atoms with Gasteiger partial charge in [0.1, 0.15) is 0 Å². The van der Waals surface area contributed by atoms with Crippen LogP contribution >= 0.6 is 28.3 Å². The molecule has 0 spiro atoms. The fourth-order valence-electron chi connectivity index (χ4n) is 2.29.